The van der Waals surface area contributed by atoms with E-state index in [0.717, 1.165) is 47.9 Å². The van der Waals surface area contributed by atoms with E-state index in [1.807, 2.05) is 66.7 Å². The molecule has 3 aromatic rings. The highest BCUT2D eigenvalue weighted by atomic mass is 16.7. The van der Waals surface area contributed by atoms with Crippen LogP contribution in [0.25, 0.3) is 0 Å². The molecule has 3 aromatic carbocycles. The number of carbonyl (C=O) groups excluding carboxylic acids is 2. The van der Waals surface area contributed by atoms with Crippen LogP contribution in [0.4, 0.5) is 0 Å². The quantitative estimate of drug-likeness (QED) is 0.308. The van der Waals surface area contributed by atoms with Crippen molar-refractivity contribution >= 4 is 11.9 Å². The SMILES string of the molecule is CCCc1ccc(ONC(=O)Cc2ccccc2)c(C(=O)OCc2ccccc2)c1CCC. The molecule has 1 amide bonds. The smallest absolute Gasteiger partial charge is 0.342 e. The number of ether oxygens (including phenoxy) is 1. The molecule has 5 heteroatoms. The molecule has 0 aliphatic rings. The summed E-state index contributed by atoms with van der Waals surface area (Å²) in [6.07, 6.45) is 3.60. The van der Waals surface area contributed by atoms with Gasteiger partial charge in [-0.25, -0.2) is 4.79 Å². The van der Waals surface area contributed by atoms with Crippen LogP contribution in [-0.2, 0) is 35.4 Å². The Morgan fingerprint density at radius 3 is 2.06 bits per heavy atom. The molecule has 0 radical (unpaired) electrons. The van der Waals surface area contributed by atoms with Crippen molar-refractivity contribution in [2.45, 2.75) is 52.6 Å². The summed E-state index contributed by atoms with van der Waals surface area (Å²) in [7, 11) is 0. The van der Waals surface area contributed by atoms with Crippen molar-refractivity contribution in [3.8, 4) is 5.75 Å². The second kappa shape index (κ2) is 12.4. The van der Waals surface area contributed by atoms with Crippen LogP contribution in [0.5, 0.6) is 5.75 Å². The highest BCUT2D eigenvalue weighted by Gasteiger charge is 2.23. The van der Waals surface area contributed by atoms with E-state index in [2.05, 4.69) is 19.3 Å². The second-order valence-corrected chi connectivity index (χ2v) is 7.93. The Morgan fingerprint density at radius 1 is 0.788 bits per heavy atom. The molecule has 1 N–H and O–H groups in total. The third-order valence-electron chi connectivity index (χ3n) is 5.29. The van der Waals surface area contributed by atoms with Gasteiger partial charge in [-0.15, -0.1) is 0 Å². The van der Waals surface area contributed by atoms with Crippen LogP contribution in [0.1, 0.15) is 59.3 Å². The molecular weight excluding hydrogens is 414 g/mol. The average molecular weight is 446 g/mol. The fraction of sp³-hybridized carbons (Fsp3) is 0.286. The van der Waals surface area contributed by atoms with Gasteiger partial charge in [-0.2, -0.15) is 5.48 Å². The first kappa shape index (κ1) is 24.1. The second-order valence-electron chi connectivity index (χ2n) is 7.93. The molecule has 3 rings (SSSR count). The van der Waals surface area contributed by atoms with Gasteiger partial charge in [-0.1, -0.05) is 93.4 Å². The fourth-order valence-electron chi connectivity index (χ4n) is 3.74. The molecule has 5 nitrogen and oxygen atoms in total. The van der Waals surface area contributed by atoms with Crippen molar-refractivity contribution in [1.82, 2.24) is 5.48 Å². The molecule has 0 unspecified atom stereocenters. The third-order valence-corrected chi connectivity index (χ3v) is 5.29. The molecule has 0 aliphatic heterocycles. The summed E-state index contributed by atoms with van der Waals surface area (Å²) in [5.74, 6) is -0.440. The van der Waals surface area contributed by atoms with Crippen molar-refractivity contribution < 1.29 is 19.2 Å². The maximum atomic E-state index is 13.2. The number of hydroxylamine groups is 1. The van der Waals surface area contributed by atoms with E-state index in [0.29, 0.717) is 11.3 Å². The Kier molecular flexibility index (Phi) is 9.07. The fourth-order valence-corrected chi connectivity index (χ4v) is 3.74. The summed E-state index contributed by atoms with van der Waals surface area (Å²) in [6.45, 7) is 4.35. The molecule has 0 heterocycles. The zero-order chi connectivity index (χ0) is 23.5. The van der Waals surface area contributed by atoms with Gasteiger partial charge in [-0.3, -0.25) is 4.79 Å². The maximum Gasteiger partial charge on any atom is 0.342 e. The van der Waals surface area contributed by atoms with Crippen LogP contribution in [0, 0.1) is 0 Å². The largest absolute Gasteiger partial charge is 0.457 e. The van der Waals surface area contributed by atoms with E-state index >= 15 is 0 Å². The minimum atomic E-state index is -0.451. The minimum Gasteiger partial charge on any atom is -0.457 e. The number of esters is 1. The normalized spacial score (nSPS) is 10.5. The van der Waals surface area contributed by atoms with Crippen molar-refractivity contribution in [3.63, 3.8) is 0 Å². The molecule has 0 fully saturated rings. The summed E-state index contributed by atoms with van der Waals surface area (Å²) in [5.41, 5.74) is 6.70. The highest BCUT2D eigenvalue weighted by molar-refractivity contribution is 5.95. The monoisotopic (exact) mass is 445 g/mol. The van der Waals surface area contributed by atoms with Gasteiger partial charge in [0, 0.05) is 0 Å². The number of hydrogen-bond donors (Lipinski definition) is 1. The predicted molar refractivity (Wildman–Crippen MR) is 129 cm³/mol. The number of rotatable bonds is 11. The molecule has 33 heavy (non-hydrogen) atoms. The van der Waals surface area contributed by atoms with Gasteiger partial charge in [0.25, 0.3) is 5.91 Å². The van der Waals surface area contributed by atoms with E-state index in [1.165, 1.54) is 0 Å². The summed E-state index contributed by atoms with van der Waals surface area (Å²) < 4.78 is 5.65. The number of benzene rings is 3. The number of nitrogens with one attached hydrogen (secondary N) is 1. The molecule has 0 saturated heterocycles. The van der Waals surface area contributed by atoms with Crippen molar-refractivity contribution in [3.05, 3.63) is 101 Å². The van der Waals surface area contributed by atoms with Gasteiger partial charge in [0.1, 0.15) is 12.2 Å². The number of aryl methyl sites for hydroxylation is 1. The standard InChI is InChI=1S/C28H31NO4/c1-3-11-23-17-18-25(33-29-26(30)19-21-13-7-5-8-14-21)27(24(23)12-4-2)28(31)32-20-22-15-9-6-10-16-22/h5-10,13-18H,3-4,11-12,19-20H2,1-2H3,(H,29,30). The maximum absolute atomic E-state index is 13.2. The van der Waals surface area contributed by atoms with Crippen molar-refractivity contribution in [2.75, 3.05) is 0 Å². The van der Waals surface area contributed by atoms with Crippen molar-refractivity contribution in [1.29, 1.82) is 0 Å². The van der Waals surface area contributed by atoms with Crippen LogP contribution >= 0.6 is 0 Å². The Morgan fingerprint density at radius 2 is 1.42 bits per heavy atom. The number of hydrogen-bond acceptors (Lipinski definition) is 4. The zero-order valence-electron chi connectivity index (χ0n) is 19.3. The first-order valence-corrected chi connectivity index (χ1v) is 11.5. The van der Waals surface area contributed by atoms with Gasteiger partial charge < -0.3 is 9.57 Å². The van der Waals surface area contributed by atoms with Gasteiger partial charge in [-0.05, 0) is 41.2 Å². The lowest BCUT2D eigenvalue weighted by Crippen LogP contribution is -2.29. The molecule has 0 atom stereocenters. The minimum absolute atomic E-state index is 0.170. The number of amides is 1. The molecule has 0 saturated carbocycles. The van der Waals surface area contributed by atoms with Crippen LogP contribution in [0.15, 0.2) is 72.8 Å². The van der Waals surface area contributed by atoms with E-state index in [4.69, 9.17) is 9.57 Å². The summed E-state index contributed by atoms with van der Waals surface area (Å²) >= 11 is 0. The van der Waals surface area contributed by atoms with Gasteiger partial charge in [0.15, 0.2) is 5.75 Å². The van der Waals surface area contributed by atoms with Crippen LogP contribution in [-0.4, -0.2) is 11.9 Å². The molecule has 0 aliphatic carbocycles. The van der Waals surface area contributed by atoms with E-state index in [1.54, 1.807) is 6.07 Å². The first-order valence-electron chi connectivity index (χ1n) is 11.5. The van der Waals surface area contributed by atoms with Crippen LogP contribution in [0.3, 0.4) is 0 Å². The molecular formula is C28H31NO4. The molecule has 0 spiro atoms. The van der Waals surface area contributed by atoms with Gasteiger partial charge >= 0.3 is 5.97 Å². The topological polar surface area (TPSA) is 64.6 Å². The molecule has 0 aromatic heterocycles. The van der Waals surface area contributed by atoms with E-state index < -0.39 is 5.97 Å². The first-order chi connectivity index (χ1) is 16.1. The Hall–Kier alpha value is -3.60. The zero-order valence-corrected chi connectivity index (χ0v) is 19.3. The molecule has 0 bridgehead atoms. The summed E-state index contributed by atoms with van der Waals surface area (Å²) in [4.78, 5) is 31.3. The Labute approximate surface area is 195 Å². The van der Waals surface area contributed by atoms with Gasteiger partial charge in [0.2, 0.25) is 0 Å². The summed E-state index contributed by atoms with van der Waals surface area (Å²) in [5, 5.41) is 0. The van der Waals surface area contributed by atoms with Gasteiger partial charge in [0.05, 0.1) is 6.42 Å². The lowest BCUT2D eigenvalue weighted by atomic mass is 9.93. The predicted octanol–water partition coefficient (Wildman–Crippen LogP) is 5.60. The Balaban J connectivity index is 1.82. The van der Waals surface area contributed by atoms with Crippen molar-refractivity contribution in [2.24, 2.45) is 0 Å². The average Bonchev–Trinajstić information content (AvgIpc) is 2.84. The molecule has 172 valence electrons. The highest BCUT2D eigenvalue weighted by Crippen LogP contribution is 2.29. The lowest BCUT2D eigenvalue weighted by Gasteiger charge is -2.18. The Bertz CT molecular complexity index is 1050. The number of carbonyl (C=O) groups is 2. The van der Waals surface area contributed by atoms with Crippen LogP contribution in [0.2, 0.25) is 0 Å². The van der Waals surface area contributed by atoms with E-state index in [9.17, 15) is 9.59 Å². The lowest BCUT2D eigenvalue weighted by molar-refractivity contribution is -0.127. The van der Waals surface area contributed by atoms with Crippen LogP contribution < -0.4 is 10.3 Å². The summed E-state index contributed by atoms with van der Waals surface area (Å²) in [6, 6.07) is 22.7. The third kappa shape index (κ3) is 6.94. The van der Waals surface area contributed by atoms with E-state index in [-0.39, 0.29) is 18.9 Å².